The fourth-order valence-corrected chi connectivity index (χ4v) is 1.90. The molecule has 1 N–H and O–H groups in total. The van der Waals surface area contributed by atoms with Crippen LogP contribution in [0.3, 0.4) is 0 Å². The smallest absolute Gasteiger partial charge is 0.124 e. The van der Waals surface area contributed by atoms with Crippen LogP contribution < -0.4 is 10.1 Å². The summed E-state index contributed by atoms with van der Waals surface area (Å²) in [6, 6.07) is 4.67. The number of hydrogen-bond acceptors (Lipinski definition) is 3. The van der Waals surface area contributed by atoms with E-state index in [4.69, 9.17) is 9.47 Å². The van der Waals surface area contributed by atoms with Gasteiger partial charge in [0.15, 0.2) is 0 Å². The molecule has 0 aromatic heterocycles. The van der Waals surface area contributed by atoms with Gasteiger partial charge in [0, 0.05) is 11.6 Å². The molecular formula is C16H26FNO2. The molecule has 0 aliphatic carbocycles. The van der Waals surface area contributed by atoms with Crippen LogP contribution in [-0.2, 0) is 4.74 Å². The number of hydrogen-bond donors (Lipinski definition) is 1. The molecule has 0 aliphatic heterocycles. The lowest BCUT2D eigenvalue weighted by atomic mass is 10.1. The Balaban J connectivity index is 2.64. The SMILES string of the molecule is CCNC(C)c1cc(F)ccc1OCCOC(C)(C)C. The van der Waals surface area contributed by atoms with Crippen molar-refractivity contribution in [1.29, 1.82) is 0 Å². The molecule has 0 spiro atoms. The predicted molar refractivity (Wildman–Crippen MR) is 79.7 cm³/mol. The molecule has 0 heterocycles. The molecule has 4 heteroatoms. The Hall–Kier alpha value is -1.13. The summed E-state index contributed by atoms with van der Waals surface area (Å²) in [5.74, 6) is 0.459. The second-order valence-electron chi connectivity index (χ2n) is 5.77. The standard InChI is InChI=1S/C16H26FNO2/c1-6-18-12(2)14-11-13(17)7-8-15(14)19-9-10-20-16(3,4)5/h7-8,11-12,18H,6,9-10H2,1-5H3. The molecule has 3 nitrogen and oxygen atoms in total. The van der Waals surface area contributed by atoms with Gasteiger partial charge in [-0.05, 0) is 52.4 Å². The Bertz CT molecular complexity index is 415. The Morgan fingerprint density at radius 1 is 1.25 bits per heavy atom. The highest BCUT2D eigenvalue weighted by Gasteiger charge is 2.13. The number of benzene rings is 1. The molecule has 114 valence electrons. The van der Waals surface area contributed by atoms with Crippen LogP contribution in [0.2, 0.25) is 0 Å². The van der Waals surface area contributed by atoms with Gasteiger partial charge in [0.25, 0.3) is 0 Å². The fraction of sp³-hybridized carbons (Fsp3) is 0.625. The summed E-state index contributed by atoms with van der Waals surface area (Å²) in [7, 11) is 0. The first-order chi connectivity index (χ1) is 9.33. The van der Waals surface area contributed by atoms with Gasteiger partial charge in [0.1, 0.15) is 18.2 Å². The quantitative estimate of drug-likeness (QED) is 0.774. The van der Waals surface area contributed by atoms with Gasteiger partial charge in [0.05, 0.1) is 12.2 Å². The second kappa shape index (κ2) is 7.60. The number of rotatable bonds is 7. The Kier molecular flexibility index (Phi) is 6.43. The average molecular weight is 283 g/mol. The Morgan fingerprint density at radius 2 is 1.95 bits per heavy atom. The van der Waals surface area contributed by atoms with Crippen molar-refractivity contribution in [1.82, 2.24) is 5.32 Å². The van der Waals surface area contributed by atoms with Crippen LogP contribution in [0.15, 0.2) is 18.2 Å². The highest BCUT2D eigenvalue weighted by atomic mass is 19.1. The lowest BCUT2D eigenvalue weighted by Crippen LogP contribution is -2.23. The molecule has 0 saturated carbocycles. The maximum Gasteiger partial charge on any atom is 0.124 e. The Labute approximate surface area is 121 Å². The minimum atomic E-state index is -0.247. The van der Waals surface area contributed by atoms with E-state index in [9.17, 15) is 4.39 Å². The first kappa shape index (κ1) is 16.9. The van der Waals surface area contributed by atoms with Crippen LogP contribution in [-0.4, -0.2) is 25.4 Å². The van der Waals surface area contributed by atoms with E-state index in [1.165, 1.54) is 12.1 Å². The van der Waals surface area contributed by atoms with Crippen LogP contribution in [0.1, 0.15) is 46.2 Å². The summed E-state index contributed by atoms with van der Waals surface area (Å²) in [5.41, 5.74) is 0.661. The molecule has 1 aromatic carbocycles. The third kappa shape index (κ3) is 5.88. The molecule has 0 aliphatic rings. The summed E-state index contributed by atoms with van der Waals surface area (Å²) in [5, 5.41) is 3.27. The zero-order chi connectivity index (χ0) is 15.2. The van der Waals surface area contributed by atoms with Gasteiger partial charge in [-0.25, -0.2) is 4.39 Å². The van der Waals surface area contributed by atoms with E-state index in [1.807, 2.05) is 34.6 Å². The third-order valence-corrected chi connectivity index (χ3v) is 2.82. The topological polar surface area (TPSA) is 30.5 Å². The predicted octanol–water partition coefficient (Wildman–Crippen LogP) is 3.69. The molecule has 0 fully saturated rings. The zero-order valence-corrected chi connectivity index (χ0v) is 13.1. The largest absolute Gasteiger partial charge is 0.491 e. The summed E-state index contributed by atoms with van der Waals surface area (Å²) in [6.07, 6.45) is 0. The normalized spacial score (nSPS) is 13.3. The minimum Gasteiger partial charge on any atom is -0.491 e. The van der Waals surface area contributed by atoms with Gasteiger partial charge in [-0.3, -0.25) is 0 Å². The minimum absolute atomic E-state index is 0.0502. The van der Waals surface area contributed by atoms with E-state index in [-0.39, 0.29) is 17.5 Å². The maximum atomic E-state index is 13.4. The molecule has 20 heavy (non-hydrogen) atoms. The van der Waals surface area contributed by atoms with Crippen LogP contribution >= 0.6 is 0 Å². The lowest BCUT2D eigenvalue weighted by molar-refractivity contribution is -0.0164. The van der Waals surface area contributed by atoms with E-state index in [0.717, 1.165) is 12.1 Å². The summed E-state index contributed by atoms with van der Waals surface area (Å²) in [4.78, 5) is 0. The van der Waals surface area contributed by atoms with Gasteiger partial charge in [0.2, 0.25) is 0 Å². The molecule has 0 amide bonds. The molecule has 1 unspecified atom stereocenters. The summed E-state index contributed by atoms with van der Waals surface area (Å²) >= 11 is 0. The fourth-order valence-electron chi connectivity index (χ4n) is 1.90. The van der Waals surface area contributed by atoms with Gasteiger partial charge < -0.3 is 14.8 Å². The number of ether oxygens (including phenoxy) is 2. The van der Waals surface area contributed by atoms with Crippen molar-refractivity contribution in [2.75, 3.05) is 19.8 Å². The lowest BCUT2D eigenvalue weighted by Gasteiger charge is -2.21. The van der Waals surface area contributed by atoms with Gasteiger partial charge in [-0.15, -0.1) is 0 Å². The van der Waals surface area contributed by atoms with E-state index in [0.29, 0.717) is 19.0 Å². The van der Waals surface area contributed by atoms with Gasteiger partial charge in [-0.2, -0.15) is 0 Å². The summed E-state index contributed by atoms with van der Waals surface area (Å²) in [6.45, 7) is 11.8. The average Bonchev–Trinajstić information content (AvgIpc) is 2.35. The molecule has 1 rings (SSSR count). The molecule has 0 radical (unpaired) electrons. The second-order valence-corrected chi connectivity index (χ2v) is 5.77. The van der Waals surface area contributed by atoms with Crippen LogP contribution in [0.5, 0.6) is 5.75 Å². The van der Waals surface area contributed by atoms with Crippen molar-refractivity contribution in [3.8, 4) is 5.75 Å². The first-order valence-electron chi connectivity index (χ1n) is 7.13. The number of nitrogens with one attached hydrogen (secondary N) is 1. The highest BCUT2D eigenvalue weighted by Crippen LogP contribution is 2.26. The van der Waals surface area contributed by atoms with Crippen molar-refractivity contribution in [2.24, 2.45) is 0 Å². The molecule has 0 saturated heterocycles. The van der Waals surface area contributed by atoms with Crippen molar-refractivity contribution in [3.05, 3.63) is 29.6 Å². The van der Waals surface area contributed by atoms with E-state index in [2.05, 4.69) is 5.32 Å². The molecule has 1 aromatic rings. The molecule has 0 bridgehead atoms. The third-order valence-electron chi connectivity index (χ3n) is 2.82. The highest BCUT2D eigenvalue weighted by molar-refractivity contribution is 5.36. The van der Waals surface area contributed by atoms with Crippen LogP contribution in [0, 0.1) is 5.82 Å². The van der Waals surface area contributed by atoms with Gasteiger partial charge in [-0.1, -0.05) is 6.92 Å². The number of halogens is 1. The Morgan fingerprint density at radius 3 is 2.55 bits per heavy atom. The van der Waals surface area contributed by atoms with Crippen LogP contribution in [0.25, 0.3) is 0 Å². The van der Waals surface area contributed by atoms with E-state index >= 15 is 0 Å². The molecular weight excluding hydrogens is 257 g/mol. The van der Waals surface area contributed by atoms with Crippen molar-refractivity contribution >= 4 is 0 Å². The zero-order valence-electron chi connectivity index (χ0n) is 13.1. The first-order valence-corrected chi connectivity index (χ1v) is 7.13. The maximum absolute atomic E-state index is 13.4. The summed E-state index contributed by atoms with van der Waals surface area (Å²) < 4.78 is 24.7. The van der Waals surface area contributed by atoms with Crippen molar-refractivity contribution in [2.45, 2.75) is 46.3 Å². The molecule has 1 atom stereocenters. The van der Waals surface area contributed by atoms with Crippen LogP contribution in [0.4, 0.5) is 4.39 Å². The van der Waals surface area contributed by atoms with E-state index in [1.54, 1.807) is 6.07 Å². The van der Waals surface area contributed by atoms with E-state index < -0.39 is 0 Å². The van der Waals surface area contributed by atoms with Crippen molar-refractivity contribution < 1.29 is 13.9 Å². The van der Waals surface area contributed by atoms with Gasteiger partial charge >= 0.3 is 0 Å². The van der Waals surface area contributed by atoms with Crippen molar-refractivity contribution in [3.63, 3.8) is 0 Å². The monoisotopic (exact) mass is 283 g/mol.